The van der Waals surface area contributed by atoms with Crippen molar-refractivity contribution in [1.82, 2.24) is 4.90 Å². The number of aromatic hydroxyl groups is 1. The van der Waals surface area contributed by atoms with E-state index in [4.69, 9.17) is 15.2 Å². The predicted octanol–water partition coefficient (Wildman–Crippen LogP) is 0.717. The van der Waals surface area contributed by atoms with E-state index in [-0.39, 0.29) is 18.2 Å². The number of carbonyl (C=O) groups excluding carboxylic acids is 1. The largest absolute Gasteiger partial charge is 0.502 e. The highest BCUT2D eigenvalue weighted by Crippen LogP contribution is 2.37. The molecule has 6 heteroatoms. The monoisotopic (exact) mass is 268 g/mol. The Balaban J connectivity index is 2.96. The van der Waals surface area contributed by atoms with Crippen LogP contribution in [0.25, 0.3) is 0 Å². The van der Waals surface area contributed by atoms with Crippen molar-refractivity contribution in [3.63, 3.8) is 0 Å². The number of amides is 1. The summed E-state index contributed by atoms with van der Waals surface area (Å²) >= 11 is 0. The molecule has 0 aliphatic rings. The molecule has 0 aliphatic carbocycles. The lowest BCUT2D eigenvalue weighted by atomic mass is 10.1. The summed E-state index contributed by atoms with van der Waals surface area (Å²) in [5.41, 5.74) is 6.06. The van der Waals surface area contributed by atoms with Crippen LogP contribution in [-0.2, 0) is 11.3 Å². The van der Waals surface area contributed by atoms with Crippen LogP contribution in [0.1, 0.15) is 12.5 Å². The molecule has 0 heterocycles. The van der Waals surface area contributed by atoms with Crippen LogP contribution in [0.3, 0.4) is 0 Å². The average molecular weight is 268 g/mol. The van der Waals surface area contributed by atoms with Gasteiger partial charge in [0.1, 0.15) is 0 Å². The number of methoxy groups -OCH3 is 2. The Morgan fingerprint density at radius 3 is 2.21 bits per heavy atom. The van der Waals surface area contributed by atoms with Crippen molar-refractivity contribution in [3.05, 3.63) is 17.7 Å². The first-order valence-electron chi connectivity index (χ1n) is 5.96. The van der Waals surface area contributed by atoms with Crippen molar-refractivity contribution in [2.45, 2.75) is 13.5 Å². The molecule has 1 amide bonds. The van der Waals surface area contributed by atoms with Gasteiger partial charge in [0.15, 0.2) is 11.5 Å². The summed E-state index contributed by atoms with van der Waals surface area (Å²) in [5, 5.41) is 9.81. The third-order valence-corrected chi connectivity index (χ3v) is 2.77. The molecule has 0 spiro atoms. The Morgan fingerprint density at radius 1 is 1.32 bits per heavy atom. The number of rotatable bonds is 7. The molecule has 0 aromatic heterocycles. The van der Waals surface area contributed by atoms with Gasteiger partial charge in [-0.1, -0.05) is 6.92 Å². The minimum absolute atomic E-state index is 0.0355. The summed E-state index contributed by atoms with van der Waals surface area (Å²) in [5.74, 6) is 0.264. The van der Waals surface area contributed by atoms with Gasteiger partial charge in [-0.05, 0) is 24.2 Å². The van der Waals surface area contributed by atoms with E-state index in [0.717, 1.165) is 5.56 Å². The van der Waals surface area contributed by atoms with Gasteiger partial charge < -0.3 is 20.3 Å². The van der Waals surface area contributed by atoms with Crippen LogP contribution in [0.5, 0.6) is 17.2 Å². The fourth-order valence-corrected chi connectivity index (χ4v) is 1.80. The Morgan fingerprint density at radius 2 is 1.84 bits per heavy atom. The number of hydrogen-bond donors (Lipinski definition) is 2. The fraction of sp³-hybridized carbons (Fsp3) is 0.462. The normalized spacial score (nSPS) is 10.5. The van der Waals surface area contributed by atoms with Gasteiger partial charge in [0.25, 0.3) is 0 Å². The van der Waals surface area contributed by atoms with Crippen LogP contribution in [0.15, 0.2) is 12.1 Å². The summed E-state index contributed by atoms with van der Waals surface area (Å²) < 4.78 is 10.2. The number of phenols is 1. The lowest BCUT2D eigenvalue weighted by Crippen LogP contribution is -2.33. The first kappa shape index (κ1) is 15.1. The molecule has 19 heavy (non-hydrogen) atoms. The minimum atomic E-state index is -0.375. The van der Waals surface area contributed by atoms with E-state index in [2.05, 4.69) is 0 Å². The third-order valence-electron chi connectivity index (χ3n) is 2.77. The molecule has 0 radical (unpaired) electrons. The van der Waals surface area contributed by atoms with Crippen LogP contribution >= 0.6 is 0 Å². The van der Waals surface area contributed by atoms with E-state index >= 15 is 0 Å². The molecule has 0 saturated carbocycles. The van der Waals surface area contributed by atoms with Gasteiger partial charge in [-0.2, -0.15) is 0 Å². The van der Waals surface area contributed by atoms with Gasteiger partial charge in [0.05, 0.1) is 20.8 Å². The first-order valence-corrected chi connectivity index (χ1v) is 5.96. The van der Waals surface area contributed by atoms with Gasteiger partial charge >= 0.3 is 0 Å². The number of nitrogens with zero attached hydrogens (tertiary/aromatic N) is 1. The molecule has 106 valence electrons. The van der Waals surface area contributed by atoms with Crippen molar-refractivity contribution in [3.8, 4) is 17.2 Å². The topological polar surface area (TPSA) is 85.0 Å². The highest BCUT2D eigenvalue weighted by atomic mass is 16.5. The molecule has 0 fully saturated rings. The molecule has 6 nitrogen and oxygen atoms in total. The quantitative estimate of drug-likeness (QED) is 0.761. The lowest BCUT2D eigenvalue weighted by molar-refractivity contribution is -0.119. The van der Waals surface area contributed by atoms with Crippen LogP contribution < -0.4 is 15.2 Å². The average Bonchev–Trinajstić information content (AvgIpc) is 2.39. The standard InChI is InChI=1S/C13H20N2O4/c1-4-15(8-12(14)16)7-9-5-10(18-2)13(17)11(6-9)19-3/h5-6,17H,4,7-8H2,1-3H3,(H2,14,16). The Labute approximate surface area is 112 Å². The molecular weight excluding hydrogens is 248 g/mol. The van der Waals surface area contributed by atoms with Crippen LogP contribution in [-0.4, -0.2) is 43.2 Å². The predicted molar refractivity (Wildman–Crippen MR) is 71.4 cm³/mol. The Bertz CT molecular complexity index is 423. The van der Waals surface area contributed by atoms with E-state index in [0.29, 0.717) is 24.6 Å². The van der Waals surface area contributed by atoms with Crippen molar-refractivity contribution in [2.75, 3.05) is 27.3 Å². The molecule has 1 rings (SSSR count). The smallest absolute Gasteiger partial charge is 0.231 e. The molecule has 0 bridgehead atoms. The zero-order valence-corrected chi connectivity index (χ0v) is 11.5. The SMILES string of the molecule is CCN(CC(N)=O)Cc1cc(OC)c(O)c(OC)c1. The molecule has 0 unspecified atom stereocenters. The number of carbonyl (C=O) groups is 1. The maximum atomic E-state index is 11.0. The lowest BCUT2D eigenvalue weighted by Gasteiger charge is -2.19. The van der Waals surface area contributed by atoms with Gasteiger partial charge in [-0.3, -0.25) is 9.69 Å². The van der Waals surface area contributed by atoms with Crippen LogP contribution in [0.2, 0.25) is 0 Å². The van der Waals surface area contributed by atoms with Gasteiger partial charge in [-0.15, -0.1) is 0 Å². The van der Waals surface area contributed by atoms with E-state index in [1.807, 2.05) is 11.8 Å². The minimum Gasteiger partial charge on any atom is -0.502 e. The molecule has 1 aromatic carbocycles. The maximum absolute atomic E-state index is 11.0. The number of ether oxygens (including phenoxy) is 2. The first-order chi connectivity index (χ1) is 9.01. The molecule has 1 aromatic rings. The second-order valence-corrected chi connectivity index (χ2v) is 4.12. The van der Waals surface area contributed by atoms with Crippen molar-refractivity contribution in [1.29, 1.82) is 0 Å². The molecule has 0 aliphatic heterocycles. The van der Waals surface area contributed by atoms with E-state index in [1.54, 1.807) is 12.1 Å². The number of primary amides is 1. The maximum Gasteiger partial charge on any atom is 0.231 e. The number of phenolic OH excluding ortho intramolecular Hbond substituents is 1. The highest BCUT2D eigenvalue weighted by molar-refractivity contribution is 5.75. The zero-order valence-electron chi connectivity index (χ0n) is 11.5. The fourth-order valence-electron chi connectivity index (χ4n) is 1.80. The molecule has 0 atom stereocenters. The molecule has 0 saturated heterocycles. The van der Waals surface area contributed by atoms with Gasteiger partial charge in [-0.25, -0.2) is 0 Å². The van der Waals surface area contributed by atoms with Crippen molar-refractivity contribution < 1.29 is 19.4 Å². The second-order valence-electron chi connectivity index (χ2n) is 4.12. The summed E-state index contributed by atoms with van der Waals surface area (Å²) in [6.45, 7) is 3.33. The van der Waals surface area contributed by atoms with E-state index in [9.17, 15) is 9.90 Å². The van der Waals surface area contributed by atoms with Gasteiger partial charge in [0, 0.05) is 6.54 Å². The summed E-state index contributed by atoms with van der Waals surface area (Å²) in [7, 11) is 2.94. The highest BCUT2D eigenvalue weighted by Gasteiger charge is 2.13. The van der Waals surface area contributed by atoms with E-state index in [1.165, 1.54) is 14.2 Å². The number of benzene rings is 1. The Kier molecular flexibility index (Phi) is 5.44. The van der Waals surface area contributed by atoms with Crippen LogP contribution in [0, 0.1) is 0 Å². The third kappa shape index (κ3) is 4.03. The van der Waals surface area contributed by atoms with Crippen LogP contribution in [0.4, 0.5) is 0 Å². The Hall–Kier alpha value is -1.95. The summed E-state index contributed by atoms with van der Waals surface area (Å²) in [4.78, 5) is 12.8. The molecule has 3 N–H and O–H groups in total. The number of hydrogen-bond acceptors (Lipinski definition) is 5. The van der Waals surface area contributed by atoms with Gasteiger partial charge in [0.2, 0.25) is 11.7 Å². The van der Waals surface area contributed by atoms with Crippen molar-refractivity contribution >= 4 is 5.91 Å². The zero-order chi connectivity index (χ0) is 14.4. The van der Waals surface area contributed by atoms with Crippen molar-refractivity contribution in [2.24, 2.45) is 5.73 Å². The summed E-state index contributed by atoms with van der Waals surface area (Å²) in [6.07, 6.45) is 0. The molecular formula is C13H20N2O4. The number of nitrogens with two attached hydrogens (primary N) is 1. The second kappa shape index (κ2) is 6.84. The van der Waals surface area contributed by atoms with E-state index < -0.39 is 0 Å². The summed E-state index contributed by atoms with van der Waals surface area (Å²) in [6, 6.07) is 3.42. The number of likely N-dealkylation sites (N-methyl/N-ethyl adjacent to an activating group) is 1.